The van der Waals surface area contributed by atoms with Gasteiger partial charge in [0.25, 0.3) is 5.91 Å². The predicted octanol–water partition coefficient (Wildman–Crippen LogP) is 3.99. The maximum absolute atomic E-state index is 12.1. The van der Waals surface area contributed by atoms with Crippen LogP contribution >= 0.6 is 11.6 Å². The summed E-state index contributed by atoms with van der Waals surface area (Å²) in [4.78, 5) is 11.4. The predicted molar refractivity (Wildman–Crippen MR) is 85.3 cm³/mol. The summed E-state index contributed by atoms with van der Waals surface area (Å²) in [5, 5.41) is 3.29. The van der Waals surface area contributed by atoms with Crippen LogP contribution in [0.3, 0.4) is 0 Å². The molecule has 4 nitrogen and oxygen atoms in total. The molecule has 0 aliphatic heterocycles. The van der Waals surface area contributed by atoms with E-state index >= 15 is 0 Å². The highest BCUT2D eigenvalue weighted by atomic mass is 35.5. The fraction of sp³-hybridized carbons (Fsp3) is 0.188. The van der Waals surface area contributed by atoms with E-state index in [1.54, 1.807) is 18.2 Å². The van der Waals surface area contributed by atoms with Crippen LogP contribution in [0.2, 0.25) is 5.02 Å². The molecule has 128 valence electrons. The van der Waals surface area contributed by atoms with Crippen LogP contribution in [0.4, 0.5) is 18.9 Å². The SMILES string of the molecule is NC(=O)c1c(Cl)cccc1NCCc1ccc(OC(F)(F)F)cc1. The van der Waals surface area contributed by atoms with Crippen molar-refractivity contribution in [3.63, 3.8) is 0 Å². The summed E-state index contributed by atoms with van der Waals surface area (Å²) in [6.45, 7) is 0.445. The van der Waals surface area contributed by atoms with Gasteiger partial charge in [-0.2, -0.15) is 0 Å². The summed E-state index contributed by atoms with van der Waals surface area (Å²) < 4.78 is 40.1. The number of carbonyl (C=O) groups is 1. The number of nitrogens with one attached hydrogen (secondary N) is 1. The van der Waals surface area contributed by atoms with Crippen molar-refractivity contribution in [3.05, 3.63) is 58.6 Å². The molecule has 2 aromatic rings. The van der Waals surface area contributed by atoms with E-state index in [2.05, 4.69) is 10.1 Å². The molecule has 0 fully saturated rings. The molecular formula is C16H14ClF3N2O2. The molecule has 0 saturated carbocycles. The van der Waals surface area contributed by atoms with E-state index in [1.807, 2.05) is 0 Å². The van der Waals surface area contributed by atoms with Gasteiger partial charge in [0.2, 0.25) is 0 Å². The number of benzene rings is 2. The molecule has 0 unspecified atom stereocenters. The lowest BCUT2D eigenvalue weighted by atomic mass is 10.1. The fourth-order valence-electron chi connectivity index (χ4n) is 2.12. The highest BCUT2D eigenvalue weighted by Gasteiger charge is 2.30. The molecule has 3 N–H and O–H groups in total. The van der Waals surface area contributed by atoms with Crippen LogP contribution in [-0.4, -0.2) is 18.8 Å². The Morgan fingerprint density at radius 1 is 1.17 bits per heavy atom. The van der Waals surface area contributed by atoms with E-state index in [1.165, 1.54) is 24.3 Å². The van der Waals surface area contributed by atoms with Gasteiger partial charge in [-0.3, -0.25) is 4.79 Å². The Morgan fingerprint density at radius 2 is 1.83 bits per heavy atom. The lowest BCUT2D eigenvalue weighted by Gasteiger charge is -2.12. The van der Waals surface area contributed by atoms with Gasteiger partial charge in [0.1, 0.15) is 5.75 Å². The normalized spacial score (nSPS) is 11.2. The third kappa shape index (κ3) is 5.06. The summed E-state index contributed by atoms with van der Waals surface area (Å²) in [5.41, 5.74) is 6.81. The molecule has 0 spiro atoms. The average Bonchev–Trinajstić information content (AvgIpc) is 2.47. The van der Waals surface area contributed by atoms with Crippen LogP contribution in [0.1, 0.15) is 15.9 Å². The van der Waals surface area contributed by atoms with Gasteiger partial charge in [0, 0.05) is 12.2 Å². The number of carbonyl (C=O) groups excluding carboxylic acids is 1. The third-order valence-corrected chi connectivity index (χ3v) is 3.46. The molecule has 0 bridgehead atoms. The first-order valence-electron chi connectivity index (χ1n) is 6.93. The summed E-state index contributed by atoms with van der Waals surface area (Å²) in [6.07, 6.45) is -4.18. The molecule has 1 amide bonds. The van der Waals surface area contributed by atoms with Crippen LogP contribution in [-0.2, 0) is 6.42 Å². The molecule has 0 radical (unpaired) electrons. The first-order chi connectivity index (χ1) is 11.3. The molecule has 0 aromatic heterocycles. The van der Waals surface area contributed by atoms with E-state index in [0.29, 0.717) is 18.7 Å². The van der Waals surface area contributed by atoms with Crippen molar-refractivity contribution >= 4 is 23.2 Å². The van der Waals surface area contributed by atoms with Crippen molar-refractivity contribution in [3.8, 4) is 5.75 Å². The van der Waals surface area contributed by atoms with Gasteiger partial charge in [-0.15, -0.1) is 13.2 Å². The van der Waals surface area contributed by atoms with Crippen molar-refractivity contribution in [1.82, 2.24) is 0 Å². The van der Waals surface area contributed by atoms with Crippen molar-refractivity contribution < 1.29 is 22.7 Å². The van der Waals surface area contributed by atoms with E-state index in [4.69, 9.17) is 17.3 Å². The molecule has 0 heterocycles. The number of amides is 1. The minimum atomic E-state index is -4.71. The largest absolute Gasteiger partial charge is 0.573 e. The lowest BCUT2D eigenvalue weighted by molar-refractivity contribution is -0.274. The van der Waals surface area contributed by atoms with Gasteiger partial charge in [-0.05, 0) is 36.2 Å². The van der Waals surface area contributed by atoms with Crippen LogP contribution in [0.15, 0.2) is 42.5 Å². The average molecular weight is 359 g/mol. The van der Waals surface area contributed by atoms with Crippen molar-refractivity contribution in [2.24, 2.45) is 5.73 Å². The number of hydrogen-bond acceptors (Lipinski definition) is 3. The molecule has 8 heteroatoms. The highest BCUT2D eigenvalue weighted by molar-refractivity contribution is 6.34. The van der Waals surface area contributed by atoms with Crippen molar-refractivity contribution in [2.45, 2.75) is 12.8 Å². The third-order valence-electron chi connectivity index (χ3n) is 3.15. The zero-order valence-electron chi connectivity index (χ0n) is 12.4. The van der Waals surface area contributed by atoms with Crippen LogP contribution < -0.4 is 15.8 Å². The molecule has 0 saturated heterocycles. The van der Waals surface area contributed by atoms with E-state index in [9.17, 15) is 18.0 Å². The summed E-state index contributed by atoms with van der Waals surface area (Å²) in [5.74, 6) is -0.915. The maximum Gasteiger partial charge on any atom is 0.573 e. The number of anilines is 1. The Bertz CT molecular complexity index is 718. The van der Waals surface area contributed by atoms with Gasteiger partial charge in [0.15, 0.2) is 0 Å². The molecule has 2 rings (SSSR count). The van der Waals surface area contributed by atoms with Crippen LogP contribution in [0, 0.1) is 0 Å². The molecule has 24 heavy (non-hydrogen) atoms. The number of alkyl halides is 3. The standard InChI is InChI=1S/C16H14ClF3N2O2/c17-12-2-1-3-13(14(12)15(21)23)22-9-8-10-4-6-11(7-5-10)24-16(18,19)20/h1-7,22H,8-9H2,(H2,21,23). The number of rotatable bonds is 6. The number of primary amides is 1. The first kappa shape index (κ1) is 17.9. The summed E-state index contributed by atoms with van der Waals surface area (Å²) in [7, 11) is 0. The quantitative estimate of drug-likeness (QED) is 0.820. The summed E-state index contributed by atoms with van der Waals surface area (Å²) >= 11 is 5.94. The van der Waals surface area contributed by atoms with E-state index < -0.39 is 12.3 Å². The first-order valence-corrected chi connectivity index (χ1v) is 7.31. The monoisotopic (exact) mass is 358 g/mol. The molecule has 0 aliphatic carbocycles. The fourth-order valence-corrected chi connectivity index (χ4v) is 2.39. The van der Waals surface area contributed by atoms with Crippen molar-refractivity contribution in [1.29, 1.82) is 0 Å². The second-order valence-corrected chi connectivity index (χ2v) is 5.30. The topological polar surface area (TPSA) is 64.4 Å². The minimum absolute atomic E-state index is 0.202. The summed E-state index contributed by atoms with van der Waals surface area (Å²) in [6, 6.07) is 10.5. The number of nitrogens with two attached hydrogens (primary N) is 1. The van der Waals surface area contributed by atoms with Gasteiger partial charge < -0.3 is 15.8 Å². The van der Waals surface area contributed by atoms with E-state index in [-0.39, 0.29) is 16.3 Å². The highest BCUT2D eigenvalue weighted by Crippen LogP contribution is 2.24. The molecule has 0 aliphatic rings. The Hall–Kier alpha value is -2.41. The maximum atomic E-state index is 12.1. The molecule has 0 atom stereocenters. The Morgan fingerprint density at radius 3 is 2.42 bits per heavy atom. The van der Waals surface area contributed by atoms with Crippen molar-refractivity contribution in [2.75, 3.05) is 11.9 Å². The second kappa shape index (κ2) is 7.44. The zero-order valence-corrected chi connectivity index (χ0v) is 13.1. The Labute approximate surface area is 141 Å². The number of hydrogen-bond donors (Lipinski definition) is 2. The smallest absolute Gasteiger partial charge is 0.406 e. The minimum Gasteiger partial charge on any atom is -0.406 e. The Balaban J connectivity index is 1.96. The van der Waals surface area contributed by atoms with Gasteiger partial charge in [0.05, 0.1) is 10.6 Å². The molecular weight excluding hydrogens is 345 g/mol. The molecule has 2 aromatic carbocycles. The van der Waals surface area contributed by atoms with Crippen LogP contribution in [0.5, 0.6) is 5.75 Å². The second-order valence-electron chi connectivity index (χ2n) is 4.90. The van der Waals surface area contributed by atoms with Gasteiger partial charge >= 0.3 is 6.36 Å². The van der Waals surface area contributed by atoms with Gasteiger partial charge in [-0.1, -0.05) is 29.8 Å². The number of ether oxygens (including phenoxy) is 1. The van der Waals surface area contributed by atoms with E-state index in [0.717, 1.165) is 5.56 Å². The lowest BCUT2D eigenvalue weighted by Crippen LogP contribution is -2.17. The van der Waals surface area contributed by atoms with Crippen LogP contribution in [0.25, 0.3) is 0 Å². The number of halogens is 4. The zero-order chi connectivity index (χ0) is 17.7. The Kier molecular flexibility index (Phi) is 5.56. The van der Waals surface area contributed by atoms with Gasteiger partial charge in [-0.25, -0.2) is 0 Å².